The Kier molecular flexibility index (Phi) is 12.7. The quantitative estimate of drug-likeness (QED) is 0.222. The highest BCUT2D eigenvalue weighted by molar-refractivity contribution is 14.0. The largest absolute Gasteiger partial charge is 0.383 e. The van der Waals surface area contributed by atoms with Crippen LogP contribution in [0.5, 0.6) is 0 Å². The first kappa shape index (κ1) is 25.1. The molecule has 0 saturated carbocycles. The topological polar surface area (TPSA) is 52.1 Å². The number of likely N-dealkylation sites (N-methyl/N-ethyl adjacent to an activating group) is 1. The summed E-state index contributed by atoms with van der Waals surface area (Å²) in [7, 11) is 5.73. The van der Waals surface area contributed by atoms with Crippen molar-refractivity contribution in [3.05, 3.63) is 35.9 Å². The summed E-state index contributed by atoms with van der Waals surface area (Å²) in [4.78, 5) is 9.23. The summed E-state index contributed by atoms with van der Waals surface area (Å²) in [5, 5.41) is 7.05. The third kappa shape index (κ3) is 9.07. The number of ether oxygens (including phenoxy) is 1. The van der Waals surface area contributed by atoms with Crippen molar-refractivity contribution in [1.29, 1.82) is 0 Å². The lowest BCUT2D eigenvalue weighted by Crippen LogP contribution is -2.45. The summed E-state index contributed by atoms with van der Waals surface area (Å²) in [6, 6.07) is 11.7. The summed E-state index contributed by atoms with van der Waals surface area (Å²) < 4.78 is 5.11. The van der Waals surface area contributed by atoms with E-state index in [9.17, 15) is 0 Å². The Hall–Kier alpha value is -0.900. The Balaban J connectivity index is 0.00000392. The number of aliphatic imine (C=N–C) groups is 1. The second-order valence-corrected chi connectivity index (χ2v) is 7.49. The van der Waals surface area contributed by atoms with Crippen molar-refractivity contribution in [3.63, 3.8) is 0 Å². The Labute approximate surface area is 188 Å². The van der Waals surface area contributed by atoms with Crippen molar-refractivity contribution in [1.82, 2.24) is 20.4 Å². The Morgan fingerprint density at radius 3 is 2.71 bits per heavy atom. The second-order valence-electron chi connectivity index (χ2n) is 7.49. The molecular formula is C21H38IN5O. The van der Waals surface area contributed by atoms with Gasteiger partial charge in [0.15, 0.2) is 5.96 Å². The van der Waals surface area contributed by atoms with Crippen LogP contribution in [0.2, 0.25) is 0 Å². The van der Waals surface area contributed by atoms with Crippen molar-refractivity contribution in [2.24, 2.45) is 4.99 Å². The van der Waals surface area contributed by atoms with E-state index < -0.39 is 0 Å². The number of likely N-dealkylation sites (tertiary alicyclic amines) is 1. The van der Waals surface area contributed by atoms with Gasteiger partial charge in [-0.15, -0.1) is 24.0 Å². The Morgan fingerprint density at radius 1 is 1.29 bits per heavy atom. The van der Waals surface area contributed by atoms with Crippen molar-refractivity contribution in [3.8, 4) is 0 Å². The highest BCUT2D eigenvalue weighted by Gasteiger charge is 2.29. The van der Waals surface area contributed by atoms with Gasteiger partial charge in [-0.3, -0.25) is 9.89 Å². The van der Waals surface area contributed by atoms with E-state index in [0.29, 0.717) is 12.1 Å². The normalized spacial score (nSPS) is 20.2. The molecule has 1 aromatic carbocycles. The van der Waals surface area contributed by atoms with E-state index in [0.717, 1.165) is 58.1 Å². The van der Waals surface area contributed by atoms with Crippen LogP contribution in [0.15, 0.2) is 35.3 Å². The fourth-order valence-corrected chi connectivity index (χ4v) is 3.54. The van der Waals surface area contributed by atoms with E-state index in [2.05, 4.69) is 69.7 Å². The number of nitrogens with zero attached hydrogens (tertiary/aromatic N) is 3. The van der Waals surface area contributed by atoms with Gasteiger partial charge < -0.3 is 20.3 Å². The lowest BCUT2D eigenvalue weighted by molar-refractivity contribution is 0.161. The molecule has 1 fully saturated rings. The molecule has 0 spiro atoms. The van der Waals surface area contributed by atoms with E-state index in [-0.39, 0.29) is 24.0 Å². The van der Waals surface area contributed by atoms with Crippen molar-refractivity contribution < 1.29 is 4.74 Å². The number of hydrogen-bond acceptors (Lipinski definition) is 4. The van der Waals surface area contributed by atoms with Crippen molar-refractivity contribution in [2.45, 2.75) is 38.4 Å². The number of rotatable bonds is 10. The van der Waals surface area contributed by atoms with E-state index >= 15 is 0 Å². The molecule has 0 aliphatic carbocycles. The molecule has 2 rings (SSSR count). The van der Waals surface area contributed by atoms with Gasteiger partial charge in [0.05, 0.1) is 6.61 Å². The summed E-state index contributed by atoms with van der Waals surface area (Å²) in [6.45, 7) is 8.12. The molecule has 2 unspecified atom stereocenters. The second kappa shape index (κ2) is 14.1. The van der Waals surface area contributed by atoms with E-state index in [4.69, 9.17) is 4.74 Å². The molecule has 1 aliphatic heterocycles. The molecule has 2 atom stereocenters. The molecular weight excluding hydrogens is 465 g/mol. The van der Waals surface area contributed by atoms with Gasteiger partial charge in [0.25, 0.3) is 0 Å². The number of halogens is 1. The predicted molar refractivity (Wildman–Crippen MR) is 129 cm³/mol. The first-order valence-corrected chi connectivity index (χ1v) is 10.0. The van der Waals surface area contributed by atoms with Gasteiger partial charge in [-0.2, -0.15) is 0 Å². The minimum atomic E-state index is 0. The monoisotopic (exact) mass is 503 g/mol. The van der Waals surface area contributed by atoms with Gasteiger partial charge in [0.1, 0.15) is 0 Å². The first-order valence-electron chi connectivity index (χ1n) is 10.0. The molecule has 160 valence electrons. The van der Waals surface area contributed by atoms with Gasteiger partial charge in [-0.05, 0) is 38.9 Å². The maximum Gasteiger partial charge on any atom is 0.191 e. The van der Waals surface area contributed by atoms with Gasteiger partial charge in [0.2, 0.25) is 0 Å². The average Bonchev–Trinajstić information content (AvgIpc) is 3.02. The molecule has 28 heavy (non-hydrogen) atoms. The molecule has 1 aromatic rings. The van der Waals surface area contributed by atoms with Crippen LogP contribution in [-0.4, -0.2) is 81.8 Å². The van der Waals surface area contributed by atoms with Gasteiger partial charge >= 0.3 is 0 Å². The Bertz CT molecular complexity index is 557. The zero-order valence-corrected chi connectivity index (χ0v) is 20.2. The third-order valence-electron chi connectivity index (χ3n) is 5.18. The van der Waals surface area contributed by atoms with Gasteiger partial charge in [-0.25, -0.2) is 0 Å². The standard InChI is InChI=1S/C21H37N5O.HI/c1-18-15-20(17-26(18)16-19-9-6-5-7-10-19)24-21(22-2)23-11-8-12-25(3)13-14-27-4;/h5-7,9-10,18,20H,8,11-17H2,1-4H3,(H2,22,23,24);1H. The molecule has 0 bridgehead atoms. The van der Waals surface area contributed by atoms with Crippen LogP contribution in [-0.2, 0) is 11.3 Å². The molecule has 1 heterocycles. The summed E-state index contributed by atoms with van der Waals surface area (Å²) in [5.74, 6) is 0.910. The zero-order chi connectivity index (χ0) is 19.5. The summed E-state index contributed by atoms with van der Waals surface area (Å²) >= 11 is 0. The zero-order valence-electron chi connectivity index (χ0n) is 17.9. The molecule has 0 aromatic heterocycles. The van der Waals surface area contributed by atoms with E-state index in [1.807, 2.05) is 7.05 Å². The third-order valence-corrected chi connectivity index (χ3v) is 5.18. The predicted octanol–water partition coefficient (Wildman–Crippen LogP) is 2.40. The van der Waals surface area contributed by atoms with Crippen molar-refractivity contribution in [2.75, 3.05) is 54.0 Å². The highest BCUT2D eigenvalue weighted by atomic mass is 127. The number of methoxy groups -OCH3 is 1. The highest BCUT2D eigenvalue weighted by Crippen LogP contribution is 2.20. The molecule has 7 heteroatoms. The molecule has 0 radical (unpaired) electrons. The fraction of sp³-hybridized carbons (Fsp3) is 0.667. The molecule has 1 aliphatic rings. The fourth-order valence-electron chi connectivity index (χ4n) is 3.54. The minimum absolute atomic E-state index is 0. The van der Waals surface area contributed by atoms with Crippen LogP contribution in [0.1, 0.15) is 25.3 Å². The van der Waals surface area contributed by atoms with Gasteiger partial charge in [-0.1, -0.05) is 30.3 Å². The van der Waals surface area contributed by atoms with Crippen LogP contribution >= 0.6 is 24.0 Å². The minimum Gasteiger partial charge on any atom is -0.383 e. The lowest BCUT2D eigenvalue weighted by Gasteiger charge is -2.21. The maximum atomic E-state index is 5.11. The van der Waals surface area contributed by atoms with E-state index in [1.165, 1.54) is 5.56 Å². The van der Waals surface area contributed by atoms with Crippen molar-refractivity contribution >= 4 is 29.9 Å². The van der Waals surface area contributed by atoms with Crippen LogP contribution < -0.4 is 10.6 Å². The molecule has 2 N–H and O–H groups in total. The van der Waals surface area contributed by atoms with Crippen LogP contribution in [0.4, 0.5) is 0 Å². The number of benzene rings is 1. The maximum absolute atomic E-state index is 5.11. The summed E-state index contributed by atoms with van der Waals surface area (Å²) in [5.41, 5.74) is 1.38. The number of hydrogen-bond donors (Lipinski definition) is 2. The Morgan fingerprint density at radius 2 is 2.04 bits per heavy atom. The number of guanidine groups is 1. The first-order chi connectivity index (χ1) is 13.1. The van der Waals surface area contributed by atoms with Gasteiger partial charge in [0, 0.05) is 52.4 Å². The van der Waals surface area contributed by atoms with Crippen LogP contribution in [0.3, 0.4) is 0 Å². The summed E-state index contributed by atoms with van der Waals surface area (Å²) in [6.07, 6.45) is 2.23. The molecule has 0 amide bonds. The van der Waals surface area contributed by atoms with Crippen LogP contribution in [0, 0.1) is 0 Å². The number of nitrogens with one attached hydrogen (secondary N) is 2. The van der Waals surface area contributed by atoms with E-state index in [1.54, 1.807) is 7.11 Å². The average molecular weight is 503 g/mol. The molecule has 1 saturated heterocycles. The molecule has 6 nitrogen and oxygen atoms in total. The van der Waals surface area contributed by atoms with Crippen LogP contribution in [0.25, 0.3) is 0 Å². The SMILES string of the molecule is CN=C(NCCCN(C)CCOC)NC1CC(C)N(Cc2ccccc2)C1.I. The smallest absolute Gasteiger partial charge is 0.191 e. The lowest BCUT2D eigenvalue weighted by atomic mass is 10.2.